The number of ether oxygens (including phenoxy) is 4. The van der Waals surface area contributed by atoms with E-state index in [1.54, 1.807) is 0 Å². The normalized spacial score (nSPS) is 22.1. The molecule has 0 spiro atoms. The average molecular weight is 697 g/mol. The first kappa shape index (κ1) is 45.4. The van der Waals surface area contributed by atoms with Crippen LogP contribution in [0.1, 0.15) is 149 Å². The second-order valence-corrected chi connectivity index (χ2v) is 13.4. The summed E-state index contributed by atoms with van der Waals surface area (Å²) in [7, 11) is 0. The summed E-state index contributed by atoms with van der Waals surface area (Å²) in [6.45, 7) is 4.38. The van der Waals surface area contributed by atoms with E-state index in [4.69, 9.17) is 18.9 Å². The molecule has 1 aliphatic rings. The third-order valence-electron chi connectivity index (χ3n) is 8.82. The van der Waals surface area contributed by atoms with Crippen LogP contribution in [-0.4, -0.2) is 89.6 Å². The lowest BCUT2D eigenvalue weighted by molar-refractivity contribution is -0.305. The van der Waals surface area contributed by atoms with Crippen LogP contribution in [0.4, 0.5) is 0 Å². The summed E-state index contributed by atoms with van der Waals surface area (Å²) in [5.41, 5.74) is 0. The summed E-state index contributed by atoms with van der Waals surface area (Å²) in [5, 5.41) is 39.9. The van der Waals surface area contributed by atoms with Crippen molar-refractivity contribution in [2.24, 2.45) is 0 Å². The summed E-state index contributed by atoms with van der Waals surface area (Å²) in [4.78, 5) is 12.7. The zero-order valence-corrected chi connectivity index (χ0v) is 30.9. The quantitative estimate of drug-likeness (QED) is 0.0318. The van der Waals surface area contributed by atoms with Crippen LogP contribution >= 0.6 is 0 Å². The van der Waals surface area contributed by atoms with E-state index < -0.39 is 43.4 Å². The van der Waals surface area contributed by atoms with Crippen LogP contribution in [0.25, 0.3) is 0 Å². The van der Waals surface area contributed by atoms with E-state index in [0.29, 0.717) is 13.0 Å². The molecule has 0 saturated carbocycles. The van der Waals surface area contributed by atoms with E-state index in [9.17, 15) is 25.2 Å². The van der Waals surface area contributed by atoms with Crippen molar-refractivity contribution in [2.45, 2.75) is 185 Å². The SMILES string of the molecule is CC/C=C\C/C=C\C/C=C\CCCCCCOCC(COC1OC(CO)C(O)C(O)C1O)OC(=O)CCCCCCCCCCCCCC. The molecule has 0 aliphatic carbocycles. The van der Waals surface area contributed by atoms with E-state index in [-0.39, 0.29) is 19.2 Å². The monoisotopic (exact) mass is 697 g/mol. The van der Waals surface area contributed by atoms with Gasteiger partial charge in [-0.1, -0.05) is 134 Å². The Bertz CT molecular complexity index is 844. The average Bonchev–Trinajstić information content (AvgIpc) is 3.10. The first-order chi connectivity index (χ1) is 23.9. The van der Waals surface area contributed by atoms with Crippen molar-refractivity contribution in [1.29, 1.82) is 0 Å². The highest BCUT2D eigenvalue weighted by Gasteiger charge is 2.44. The van der Waals surface area contributed by atoms with Gasteiger partial charge in [-0.25, -0.2) is 0 Å². The second-order valence-electron chi connectivity index (χ2n) is 13.4. The van der Waals surface area contributed by atoms with E-state index in [1.165, 1.54) is 57.8 Å². The molecule has 49 heavy (non-hydrogen) atoms. The van der Waals surface area contributed by atoms with Crippen molar-refractivity contribution < 1.29 is 44.2 Å². The molecule has 4 N–H and O–H groups in total. The first-order valence-corrected chi connectivity index (χ1v) is 19.6. The van der Waals surface area contributed by atoms with Gasteiger partial charge < -0.3 is 39.4 Å². The maximum absolute atomic E-state index is 12.7. The number of esters is 1. The molecule has 0 amide bonds. The van der Waals surface area contributed by atoms with Crippen molar-refractivity contribution in [3.8, 4) is 0 Å². The van der Waals surface area contributed by atoms with Crippen LogP contribution in [0, 0.1) is 0 Å². The fraction of sp³-hybridized carbons (Fsp3) is 0.825. The molecule has 9 heteroatoms. The smallest absolute Gasteiger partial charge is 0.306 e. The standard InChI is InChI=1S/C40H72O9/c1-3-5-7-9-11-13-15-17-18-20-22-24-26-28-30-46-32-34(33-47-40-39(45)38(44)37(43)35(31-41)49-40)48-36(42)29-27-25-23-21-19-16-14-12-10-8-6-4-2/h5,7,11,13,17-18,34-35,37-41,43-45H,3-4,6,8-10,12,14-16,19-33H2,1-2H3/b7-5-,13-11-,18-17-. The molecule has 0 aromatic rings. The maximum Gasteiger partial charge on any atom is 0.306 e. The van der Waals surface area contributed by atoms with Crippen LogP contribution in [0.5, 0.6) is 0 Å². The van der Waals surface area contributed by atoms with Gasteiger partial charge in [-0.3, -0.25) is 4.79 Å². The molecular formula is C40H72O9. The molecule has 0 bridgehead atoms. The Morgan fingerprint density at radius 3 is 1.88 bits per heavy atom. The molecule has 0 aromatic carbocycles. The minimum absolute atomic E-state index is 0.121. The van der Waals surface area contributed by atoms with Gasteiger partial charge in [-0.15, -0.1) is 0 Å². The van der Waals surface area contributed by atoms with Gasteiger partial charge in [0.2, 0.25) is 0 Å². The van der Waals surface area contributed by atoms with Crippen molar-refractivity contribution in [3.05, 3.63) is 36.5 Å². The number of unbranched alkanes of at least 4 members (excludes halogenated alkanes) is 15. The number of hydrogen-bond donors (Lipinski definition) is 4. The predicted molar refractivity (Wildman–Crippen MR) is 196 cm³/mol. The highest BCUT2D eigenvalue weighted by Crippen LogP contribution is 2.22. The summed E-state index contributed by atoms with van der Waals surface area (Å²) in [5.74, 6) is -0.324. The van der Waals surface area contributed by atoms with E-state index >= 15 is 0 Å². The van der Waals surface area contributed by atoms with Crippen LogP contribution in [0.2, 0.25) is 0 Å². The minimum atomic E-state index is -1.54. The first-order valence-electron chi connectivity index (χ1n) is 19.6. The van der Waals surface area contributed by atoms with Crippen LogP contribution in [0.3, 0.4) is 0 Å². The molecule has 6 atom stereocenters. The van der Waals surface area contributed by atoms with Crippen molar-refractivity contribution in [1.82, 2.24) is 0 Å². The summed E-state index contributed by atoms with van der Waals surface area (Å²) in [6.07, 6.45) is 28.8. The zero-order chi connectivity index (χ0) is 35.8. The molecule has 1 fully saturated rings. The molecule has 6 unspecified atom stereocenters. The minimum Gasteiger partial charge on any atom is -0.457 e. The Kier molecular flexibility index (Phi) is 30.0. The van der Waals surface area contributed by atoms with Crippen molar-refractivity contribution >= 4 is 5.97 Å². The Morgan fingerprint density at radius 2 is 1.24 bits per heavy atom. The highest BCUT2D eigenvalue weighted by atomic mass is 16.7. The lowest BCUT2D eigenvalue weighted by Gasteiger charge is -2.39. The van der Waals surface area contributed by atoms with Gasteiger partial charge >= 0.3 is 5.97 Å². The van der Waals surface area contributed by atoms with Gasteiger partial charge in [0.05, 0.1) is 19.8 Å². The number of allylic oxidation sites excluding steroid dienone is 6. The third-order valence-corrected chi connectivity index (χ3v) is 8.82. The molecule has 1 aliphatic heterocycles. The van der Waals surface area contributed by atoms with Gasteiger partial charge in [-0.05, 0) is 44.9 Å². The molecular weight excluding hydrogens is 624 g/mol. The van der Waals surface area contributed by atoms with Gasteiger partial charge in [0.25, 0.3) is 0 Å². The van der Waals surface area contributed by atoms with E-state index in [1.807, 2.05) is 0 Å². The molecule has 286 valence electrons. The van der Waals surface area contributed by atoms with Crippen molar-refractivity contribution in [3.63, 3.8) is 0 Å². The van der Waals surface area contributed by atoms with Crippen LogP contribution in [0.15, 0.2) is 36.5 Å². The van der Waals surface area contributed by atoms with E-state index in [0.717, 1.165) is 70.6 Å². The summed E-state index contributed by atoms with van der Waals surface area (Å²) in [6, 6.07) is 0. The van der Waals surface area contributed by atoms with Crippen molar-refractivity contribution in [2.75, 3.05) is 26.4 Å². The highest BCUT2D eigenvalue weighted by molar-refractivity contribution is 5.69. The number of hydrogen-bond acceptors (Lipinski definition) is 9. The molecule has 1 rings (SSSR count). The summed E-state index contributed by atoms with van der Waals surface area (Å²) >= 11 is 0. The molecule has 0 radical (unpaired) electrons. The fourth-order valence-corrected chi connectivity index (χ4v) is 5.74. The second kappa shape index (κ2) is 32.3. The molecule has 9 nitrogen and oxygen atoms in total. The van der Waals surface area contributed by atoms with E-state index in [2.05, 4.69) is 50.3 Å². The van der Waals surface area contributed by atoms with Gasteiger partial charge in [0.1, 0.15) is 30.5 Å². The molecule has 1 saturated heterocycles. The van der Waals surface area contributed by atoms with Crippen LogP contribution in [-0.2, 0) is 23.7 Å². The number of aliphatic hydroxyl groups is 4. The lowest BCUT2D eigenvalue weighted by atomic mass is 9.99. The number of aliphatic hydroxyl groups excluding tert-OH is 4. The van der Waals surface area contributed by atoms with Crippen LogP contribution < -0.4 is 0 Å². The Hall–Kier alpha value is -1.59. The Labute approximate surface area is 298 Å². The third kappa shape index (κ3) is 24.3. The zero-order valence-electron chi connectivity index (χ0n) is 30.9. The predicted octanol–water partition coefficient (Wildman–Crippen LogP) is 7.63. The largest absolute Gasteiger partial charge is 0.457 e. The Morgan fingerprint density at radius 1 is 0.673 bits per heavy atom. The maximum atomic E-state index is 12.7. The molecule has 1 heterocycles. The number of carbonyl (C=O) groups is 1. The molecule has 0 aromatic heterocycles. The number of rotatable bonds is 32. The van der Waals surface area contributed by atoms with Gasteiger partial charge in [0, 0.05) is 13.0 Å². The Balaban J connectivity index is 2.34. The lowest BCUT2D eigenvalue weighted by Crippen LogP contribution is -2.59. The number of carbonyl (C=O) groups excluding carboxylic acids is 1. The topological polar surface area (TPSA) is 135 Å². The summed E-state index contributed by atoms with van der Waals surface area (Å²) < 4.78 is 22.7. The van der Waals surface area contributed by atoms with Gasteiger partial charge in [0.15, 0.2) is 6.29 Å². The van der Waals surface area contributed by atoms with Gasteiger partial charge in [-0.2, -0.15) is 0 Å². The fourth-order valence-electron chi connectivity index (χ4n) is 5.74.